The molecule has 0 radical (unpaired) electrons. The molecule has 1 aliphatic heterocycles. The molecule has 3 heterocycles. The van der Waals surface area contributed by atoms with Crippen LogP contribution in [0.15, 0.2) is 54.9 Å². The molecule has 3 aromatic rings. The number of Topliss-reactive ketones (excluding diaryl/α,β-unsaturated/α-hetero) is 1. The monoisotopic (exact) mass is 432 g/mol. The van der Waals surface area contributed by atoms with Crippen LogP contribution in [0, 0.1) is 0 Å². The number of nitrogens with zero attached hydrogens (tertiary/aromatic N) is 3. The van der Waals surface area contributed by atoms with Crippen LogP contribution < -0.4 is 5.32 Å². The Labute approximate surface area is 187 Å². The van der Waals surface area contributed by atoms with Crippen LogP contribution in [0.2, 0.25) is 0 Å². The molecule has 166 valence electrons. The van der Waals surface area contributed by atoms with Crippen molar-refractivity contribution in [3.8, 4) is 0 Å². The van der Waals surface area contributed by atoms with Crippen LogP contribution in [0.4, 0.5) is 0 Å². The molecule has 1 aromatic carbocycles. The number of carbonyl (C=O) groups is 2. The first-order chi connectivity index (χ1) is 15.6. The average molecular weight is 433 g/mol. The maximum absolute atomic E-state index is 13.2. The first kappa shape index (κ1) is 21.9. The van der Waals surface area contributed by atoms with Crippen molar-refractivity contribution in [2.75, 3.05) is 6.61 Å². The molecule has 1 aliphatic rings. The lowest BCUT2D eigenvalue weighted by molar-refractivity contribution is 0.0781. The lowest BCUT2D eigenvalue weighted by Gasteiger charge is -2.21. The maximum atomic E-state index is 13.2. The van der Waals surface area contributed by atoms with E-state index in [9.17, 15) is 9.59 Å². The molecular weight excluding hydrogens is 404 g/mol. The number of amides is 1. The number of benzene rings is 1. The molecule has 7 heteroatoms. The summed E-state index contributed by atoms with van der Waals surface area (Å²) in [6.45, 7) is 5.36. The molecule has 2 aromatic heterocycles. The fourth-order valence-corrected chi connectivity index (χ4v) is 4.13. The van der Waals surface area contributed by atoms with Gasteiger partial charge in [0.1, 0.15) is 5.82 Å². The lowest BCUT2D eigenvalue weighted by atomic mass is 10.0. The van der Waals surface area contributed by atoms with Crippen molar-refractivity contribution in [2.45, 2.75) is 51.8 Å². The van der Waals surface area contributed by atoms with E-state index in [-0.39, 0.29) is 30.1 Å². The summed E-state index contributed by atoms with van der Waals surface area (Å²) in [7, 11) is 0. The quantitative estimate of drug-likeness (QED) is 0.543. The second-order valence-corrected chi connectivity index (χ2v) is 8.07. The molecule has 0 fully saturated rings. The SMILES string of the molecule is CC[C@@H](NC(=O)c1cc(C(=O)CC(C)c2ncccn2)n2c1COCC2)c1ccccc1. The van der Waals surface area contributed by atoms with Crippen LogP contribution in [-0.2, 0) is 17.9 Å². The Morgan fingerprint density at radius 3 is 2.62 bits per heavy atom. The Hall–Kier alpha value is -3.32. The zero-order valence-corrected chi connectivity index (χ0v) is 18.5. The molecule has 0 spiro atoms. The Morgan fingerprint density at radius 1 is 1.16 bits per heavy atom. The predicted molar refractivity (Wildman–Crippen MR) is 120 cm³/mol. The molecular formula is C25H28N4O3. The Balaban J connectivity index is 1.57. The second-order valence-electron chi connectivity index (χ2n) is 8.07. The first-order valence-corrected chi connectivity index (χ1v) is 11.0. The smallest absolute Gasteiger partial charge is 0.253 e. The number of carbonyl (C=O) groups excluding carboxylic acids is 2. The standard InChI is InChI=1S/C25H28N4O3/c1-3-20(18-8-5-4-6-9-18)28-25(31)19-15-21(29-12-13-32-16-22(19)29)23(30)14-17(2)24-26-10-7-11-27-24/h4-11,15,17,20H,3,12-14,16H2,1-2H3,(H,28,31)/t17?,20-/m1/s1. The number of rotatable bonds is 8. The van der Waals surface area contributed by atoms with Gasteiger partial charge >= 0.3 is 0 Å². The van der Waals surface area contributed by atoms with Gasteiger partial charge in [0.25, 0.3) is 5.91 Å². The maximum Gasteiger partial charge on any atom is 0.253 e. The van der Waals surface area contributed by atoms with Gasteiger partial charge in [0.05, 0.1) is 36.2 Å². The van der Waals surface area contributed by atoms with Crippen LogP contribution in [0.1, 0.15) is 76.6 Å². The van der Waals surface area contributed by atoms with Crippen molar-refractivity contribution in [1.29, 1.82) is 0 Å². The summed E-state index contributed by atoms with van der Waals surface area (Å²) < 4.78 is 7.55. The number of ketones is 1. The fourth-order valence-electron chi connectivity index (χ4n) is 4.13. The van der Waals surface area contributed by atoms with E-state index in [4.69, 9.17) is 4.74 Å². The van der Waals surface area contributed by atoms with Crippen molar-refractivity contribution in [1.82, 2.24) is 19.9 Å². The minimum absolute atomic E-state index is 0.0257. The van der Waals surface area contributed by atoms with Crippen molar-refractivity contribution in [3.63, 3.8) is 0 Å². The first-order valence-electron chi connectivity index (χ1n) is 11.0. The van der Waals surface area contributed by atoms with E-state index in [1.54, 1.807) is 24.5 Å². The van der Waals surface area contributed by atoms with E-state index >= 15 is 0 Å². The Bertz CT molecular complexity index is 1080. The molecule has 4 rings (SSSR count). The van der Waals surface area contributed by atoms with Crippen LogP contribution in [0.5, 0.6) is 0 Å². The van der Waals surface area contributed by atoms with Gasteiger partial charge in [0, 0.05) is 31.3 Å². The van der Waals surface area contributed by atoms with Gasteiger partial charge in [-0.3, -0.25) is 9.59 Å². The summed E-state index contributed by atoms with van der Waals surface area (Å²) >= 11 is 0. The minimum atomic E-state index is -0.187. The van der Waals surface area contributed by atoms with Gasteiger partial charge in [-0.15, -0.1) is 0 Å². The van der Waals surface area contributed by atoms with Crippen molar-refractivity contribution in [3.05, 3.63) is 83.2 Å². The number of ether oxygens (including phenoxy) is 1. The molecule has 0 saturated heterocycles. The third-order valence-corrected chi connectivity index (χ3v) is 5.87. The molecule has 32 heavy (non-hydrogen) atoms. The Kier molecular flexibility index (Phi) is 6.75. The van der Waals surface area contributed by atoms with Crippen LogP contribution in [0.25, 0.3) is 0 Å². The highest BCUT2D eigenvalue weighted by atomic mass is 16.5. The predicted octanol–water partition coefficient (Wildman–Crippen LogP) is 4.07. The molecule has 1 amide bonds. The summed E-state index contributed by atoms with van der Waals surface area (Å²) in [5.74, 6) is 0.312. The van der Waals surface area contributed by atoms with Crippen LogP contribution >= 0.6 is 0 Å². The average Bonchev–Trinajstić information content (AvgIpc) is 3.23. The molecule has 2 atom stereocenters. The van der Waals surface area contributed by atoms with Crippen molar-refractivity contribution in [2.24, 2.45) is 0 Å². The van der Waals surface area contributed by atoms with E-state index in [0.717, 1.165) is 17.7 Å². The topological polar surface area (TPSA) is 86.1 Å². The summed E-state index contributed by atoms with van der Waals surface area (Å²) in [6.07, 6.45) is 4.40. The fraction of sp³-hybridized carbons (Fsp3) is 0.360. The summed E-state index contributed by atoms with van der Waals surface area (Å²) in [5.41, 5.74) is 2.86. The molecule has 0 saturated carbocycles. The third kappa shape index (κ3) is 4.62. The number of aromatic nitrogens is 3. The summed E-state index contributed by atoms with van der Waals surface area (Å²) in [5, 5.41) is 3.13. The Morgan fingerprint density at radius 2 is 1.91 bits per heavy atom. The van der Waals surface area contributed by atoms with E-state index in [2.05, 4.69) is 15.3 Å². The third-order valence-electron chi connectivity index (χ3n) is 5.87. The van der Waals surface area contributed by atoms with Crippen LogP contribution in [0.3, 0.4) is 0 Å². The number of fused-ring (bicyclic) bond motifs is 1. The van der Waals surface area contributed by atoms with Gasteiger partial charge in [-0.1, -0.05) is 44.2 Å². The molecule has 1 N–H and O–H groups in total. The molecule has 0 bridgehead atoms. The zero-order valence-electron chi connectivity index (χ0n) is 18.5. The summed E-state index contributed by atoms with van der Waals surface area (Å²) in [4.78, 5) is 34.9. The highest BCUT2D eigenvalue weighted by Gasteiger charge is 2.28. The molecule has 7 nitrogen and oxygen atoms in total. The second kappa shape index (κ2) is 9.87. The van der Waals surface area contributed by atoms with E-state index in [1.165, 1.54) is 0 Å². The van der Waals surface area contributed by atoms with E-state index < -0.39 is 0 Å². The van der Waals surface area contributed by atoms with Gasteiger partial charge in [0.15, 0.2) is 5.78 Å². The van der Waals surface area contributed by atoms with Gasteiger partial charge in [-0.05, 0) is 24.1 Å². The van der Waals surface area contributed by atoms with E-state index in [0.29, 0.717) is 36.8 Å². The van der Waals surface area contributed by atoms with Crippen molar-refractivity contribution >= 4 is 11.7 Å². The number of hydrogen-bond donors (Lipinski definition) is 1. The number of nitrogens with one attached hydrogen (secondary N) is 1. The molecule has 0 aliphatic carbocycles. The van der Waals surface area contributed by atoms with Gasteiger partial charge in [-0.2, -0.15) is 0 Å². The zero-order chi connectivity index (χ0) is 22.5. The highest BCUT2D eigenvalue weighted by Crippen LogP contribution is 2.26. The minimum Gasteiger partial charge on any atom is -0.373 e. The van der Waals surface area contributed by atoms with Gasteiger partial charge in [0.2, 0.25) is 0 Å². The van der Waals surface area contributed by atoms with Crippen molar-refractivity contribution < 1.29 is 14.3 Å². The van der Waals surface area contributed by atoms with E-state index in [1.807, 2.05) is 48.7 Å². The normalized spacial score (nSPS) is 14.9. The van der Waals surface area contributed by atoms with Gasteiger partial charge < -0.3 is 14.6 Å². The molecule has 1 unspecified atom stereocenters. The summed E-state index contributed by atoms with van der Waals surface area (Å²) in [6, 6.07) is 13.3. The number of hydrogen-bond acceptors (Lipinski definition) is 5. The largest absolute Gasteiger partial charge is 0.373 e. The van der Waals surface area contributed by atoms with Gasteiger partial charge in [-0.25, -0.2) is 9.97 Å². The van der Waals surface area contributed by atoms with Crippen LogP contribution in [-0.4, -0.2) is 32.8 Å². The highest BCUT2D eigenvalue weighted by molar-refractivity contribution is 6.01. The lowest BCUT2D eigenvalue weighted by Crippen LogP contribution is -2.29.